The summed E-state index contributed by atoms with van der Waals surface area (Å²) in [5, 5.41) is 27.8. The van der Waals surface area contributed by atoms with Gasteiger partial charge in [0.2, 0.25) is 0 Å². The number of nitro benzene ring substituents is 1. The molecule has 0 bridgehead atoms. The molecule has 21 heavy (non-hydrogen) atoms. The Labute approximate surface area is 122 Å². The van der Waals surface area contributed by atoms with Crippen LogP contribution in [-0.4, -0.2) is 32.9 Å². The van der Waals surface area contributed by atoms with Gasteiger partial charge < -0.3 is 10.4 Å². The summed E-state index contributed by atoms with van der Waals surface area (Å²) in [6.07, 6.45) is 3.89. The van der Waals surface area contributed by atoms with Gasteiger partial charge in [-0.3, -0.25) is 14.8 Å². The third-order valence-electron chi connectivity index (χ3n) is 3.13. The Balaban J connectivity index is 1.69. The van der Waals surface area contributed by atoms with Crippen LogP contribution in [0.2, 0.25) is 0 Å². The molecule has 0 saturated heterocycles. The summed E-state index contributed by atoms with van der Waals surface area (Å²) >= 11 is 0. The molecule has 2 N–H and O–H groups in total. The Morgan fingerprint density at radius 2 is 2.14 bits per heavy atom. The van der Waals surface area contributed by atoms with E-state index >= 15 is 0 Å². The number of aromatic nitrogens is 2. The lowest BCUT2D eigenvalue weighted by Gasteiger charge is -2.12. The maximum absolute atomic E-state index is 10.5. The Hall–Kier alpha value is -2.25. The lowest BCUT2D eigenvalue weighted by Crippen LogP contribution is -2.23. The monoisotopic (exact) mass is 290 g/mol. The van der Waals surface area contributed by atoms with E-state index in [9.17, 15) is 15.2 Å². The van der Waals surface area contributed by atoms with Crippen molar-refractivity contribution in [1.29, 1.82) is 0 Å². The fourth-order valence-corrected chi connectivity index (χ4v) is 1.97. The van der Waals surface area contributed by atoms with E-state index in [1.54, 1.807) is 18.3 Å². The number of non-ortho nitro benzene ring substituents is 1. The molecule has 7 nitrogen and oxygen atoms in total. The number of aliphatic hydroxyl groups excluding tert-OH is 1. The minimum atomic E-state index is -0.671. The zero-order chi connectivity index (χ0) is 15.1. The zero-order valence-electron chi connectivity index (χ0n) is 11.6. The molecular weight excluding hydrogens is 272 g/mol. The molecule has 0 saturated carbocycles. The second-order valence-corrected chi connectivity index (χ2v) is 4.69. The quantitative estimate of drug-likeness (QED) is 0.436. The molecule has 0 radical (unpaired) electrons. The molecule has 0 amide bonds. The maximum Gasteiger partial charge on any atom is 0.269 e. The van der Waals surface area contributed by atoms with Crippen LogP contribution in [0.5, 0.6) is 0 Å². The van der Waals surface area contributed by atoms with E-state index in [1.165, 1.54) is 12.1 Å². The van der Waals surface area contributed by atoms with Crippen molar-refractivity contribution in [2.45, 2.75) is 19.1 Å². The highest BCUT2D eigenvalue weighted by atomic mass is 16.6. The highest BCUT2D eigenvalue weighted by Crippen LogP contribution is 2.17. The van der Waals surface area contributed by atoms with Crippen LogP contribution in [0, 0.1) is 10.1 Å². The average Bonchev–Trinajstić information content (AvgIpc) is 3.00. The molecular formula is C14H18N4O3. The first-order chi connectivity index (χ1) is 10.2. The molecule has 7 heteroatoms. The van der Waals surface area contributed by atoms with E-state index in [4.69, 9.17) is 0 Å². The number of hydrogen-bond acceptors (Lipinski definition) is 5. The maximum atomic E-state index is 10.5. The van der Waals surface area contributed by atoms with Crippen LogP contribution in [0.15, 0.2) is 42.7 Å². The van der Waals surface area contributed by atoms with Crippen molar-refractivity contribution in [1.82, 2.24) is 15.1 Å². The largest absolute Gasteiger partial charge is 0.387 e. The first-order valence-corrected chi connectivity index (χ1v) is 6.77. The molecule has 0 aliphatic rings. The molecule has 1 atom stereocenters. The molecule has 1 aromatic carbocycles. The topological polar surface area (TPSA) is 93.2 Å². The highest BCUT2D eigenvalue weighted by Gasteiger charge is 2.09. The Morgan fingerprint density at radius 1 is 1.38 bits per heavy atom. The predicted octanol–water partition coefficient (Wildman–Crippen LogP) is 1.50. The van der Waals surface area contributed by atoms with Crippen molar-refractivity contribution in [3.63, 3.8) is 0 Å². The van der Waals surface area contributed by atoms with Crippen molar-refractivity contribution in [3.05, 3.63) is 58.4 Å². The van der Waals surface area contributed by atoms with E-state index < -0.39 is 11.0 Å². The van der Waals surface area contributed by atoms with Crippen molar-refractivity contribution in [2.75, 3.05) is 13.1 Å². The first-order valence-electron chi connectivity index (χ1n) is 6.77. The van der Waals surface area contributed by atoms with Crippen LogP contribution in [0.1, 0.15) is 18.1 Å². The third-order valence-corrected chi connectivity index (χ3v) is 3.13. The SMILES string of the molecule is O=[N+]([O-])c1ccc(C(O)CNCCCn2cccn2)cc1. The lowest BCUT2D eigenvalue weighted by atomic mass is 10.1. The number of nitrogens with one attached hydrogen (secondary N) is 1. The van der Waals surface area contributed by atoms with Gasteiger partial charge in [-0.05, 0) is 36.7 Å². The van der Waals surface area contributed by atoms with E-state index in [-0.39, 0.29) is 5.69 Å². The van der Waals surface area contributed by atoms with Crippen molar-refractivity contribution >= 4 is 5.69 Å². The Morgan fingerprint density at radius 3 is 2.76 bits per heavy atom. The summed E-state index contributed by atoms with van der Waals surface area (Å²) < 4.78 is 1.86. The van der Waals surface area contributed by atoms with E-state index in [1.807, 2.05) is 16.9 Å². The molecule has 2 rings (SSSR count). The zero-order valence-corrected chi connectivity index (χ0v) is 11.6. The summed E-state index contributed by atoms with van der Waals surface area (Å²) in [4.78, 5) is 10.1. The van der Waals surface area contributed by atoms with Gasteiger partial charge in [0, 0.05) is 37.6 Å². The summed E-state index contributed by atoms with van der Waals surface area (Å²) in [6.45, 7) is 2.01. The smallest absolute Gasteiger partial charge is 0.269 e. The molecule has 0 fully saturated rings. The van der Waals surface area contributed by atoms with Gasteiger partial charge in [-0.25, -0.2) is 0 Å². The van der Waals surface area contributed by atoms with Crippen LogP contribution < -0.4 is 5.32 Å². The number of nitrogens with zero attached hydrogens (tertiary/aromatic N) is 3. The summed E-state index contributed by atoms with van der Waals surface area (Å²) in [5.74, 6) is 0. The van der Waals surface area contributed by atoms with Crippen LogP contribution in [0.25, 0.3) is 0 Å². The number of rotatable bonds is 8. The molecule has 1 unspecified atom stereocenters. The summed E-state index contributed by atoms with van der Waals surface area (Å²) in [5.41, 5.74) is 0.693. The number of hydrogen-bond donors (Lipinski definition) is 2. The summed E-state index contributed by atoms with van der Waals surface area (Å²) in [7, 11) is 0. The van der Waals surface area contributed by atoms with Gasteiger partial charge in [0.25, 0.3) is 5.69 Å². The van der Waals surface area contributed by atoms with Crippen LogP contribution in [0.3, 0.4) is 0 Å². The van der Waals surface area contributed by atoms with Gasteiger partial charge in [0.1, 0.15) is 0 Å². The molecule has 0 aliphatic carbocycles. The van der Waals surface area contributed by atoms with Gasteiger partial charge in [-0.1, -0.05) is 0 Å². The van der Waals surface area contributed by atoms with Gasteiger partial charge in [0.05, 0.1) is 11.0 Å². The minimum Gasteiger partial charge on any atom is -0.387 e. The number of nitro groups is 1. The second kappa shape index (κ2) is 7.51. The normalized spacial score (nSPS) is 12.2. The van der Waals surface area contributed by atoms with Crippen LogP contribution in [0.4, 0.5) is 5.69 Å². The standard InChI is InChI=1S/C14H18N4O3/c19-14(12-3-5-13(6-4-12)18(20)21)11-15-7-1-9-17-10-2-8-16-17/h2-6,8,10,14-15,19H,1,7,9,11H2. The van der Waals surface area contributed by atoms with Gasteiger partial charge in [-0.2, -0.15) is 5.10 Å². The molecule has 0 aliphatic heterocycles. The molecule has 112 valence electrons. The molecule has 0 spiro atoms. The average molecular weight is 290 g/mol. The van der Waals surface area contributed by atoms with Crippen LogP contribution >= 0.6 is 0 Å². The van der Waals surface area contributed by atoms with Crippen molar-refractivity contribution < 1.29 is 10.0 Å². The molecule has 1 aromatic heterocycles. The van der Waals surface area contributed by atoms with Crippen molar-refractivity contribution in [2.24, 2.45) is 0 Å². The fourth-order valence-electron chi connectivity index (χ4n) is 1.97. The fraction of sp³-hybridized carbons (Fsp3) is 0.357. The van der Waals surface area contributed by atoms with Crippen LogP contribution in [-0.2, 0) is 6.54 Å². The highest BCUT2D eigenvalue weighted by molar-refractivity contribution is 5.33. The lowest BCUT2D eigenvalue weighted by molar-refractivity contribution is -0.384. The summed E-state index contributed by atoms with van der Waals surface area (Å²) in [6, 6.07) is 7.83. The second-order valence-electron chi connectivity index (χ2n) is 4.69. The number of aryl methyl sites for hydroxylation is 1. The van der Waals surface area contributed by atoms with E-state index in [0.717, 1.165) is 19.5 Å². The van der Waals surface area contributed by atoms with Crippen molar-refractivity contribution in [3.8, 4) is 0 Å². The third kappa shape index (κ3) is 4.66. The molecule has 1 heterocycles. The first kappa shape index (κ1) is 15.1. The minimum absolute atomic E-state index is 0.0260. The van der Waals surface area contributed by atoms with E-state index in [0.29, 0.717) is 12.1 Å². The number of aliphatic hydroxyl groups is 1. The van der Waals surface area contributed by atoms with Gasteiger partial charge in [-0.15, -0.1) is 0 Å². The Kier molecular flexibility index (Phi) is 5.42. The van der Waals surface area contributed by atoms with E-state index in [2.05, 4.69) is 10.4 Å². The van der Waals surface area contributed by atoms with Gasteiger partial charge in [0.15, 0.2) is 0 Å². The molecule has 2 aromatic rings. The Bertz CT molecular complexity index is 554. The van der Waals surface area contributed by atoms with Gasteiger partial charge >= 0.3 is 0 Å². The predicted molar refractivity (Wildman–Crippen MR) is 77.8 cm³/mol. The number of benzene rings is 1.